The van der Waals surface area contributed by atoms with Gasteiger partial charge in [0.1, 0.15) is 5.82 Å². The number of aryl methyl sites for hydroxylation is 2. The highest BCUT2D eigenvalue weighted by Crippen LogP contribution is 2.27. The van der Waals surface area contributed by atoms with E-state index in [2.05, 4.69) is 17.3 Å². The fraction of sp³-hybridized carbons (Fsp3) is 0.400. The minimum atomic E-state index is -0.211. The van der Waals surface area contributed by atoms with E-state index in [1.54, 1.807) is 6.07 Å². The molecule has 0 atom stereocenters. The second kappa shape index (κ2) is 5.97. The summed E-state index contributed by atoms with van der Waals surface area (Å²) in [6, 6.07) is 4.92. The predicted octanol–water partition coefficient (Wildman–Crippen LogP) is 3.13. The molecule has 4 heteroatoms. The highest BCUT2D eigenvalue weighted by Gasteiger charge is 2.12. The summed E-state index contributed by atoms with van der Waals surface area (Å²) < 4.78 is 15.4. The number of rotatable bonds is 5. The fourth-order valence-corrected chi connectivity index (χ4v) is 2.27. The summed E-state index contributed by atoms with van der Waals surface area (Å²) in [6.45, 7) is 5.69. The van der Waals surface area contributed by atoms with Crippen LogP contribution in [-0.2, 0) is 13.1 Å². The van der Waals surface area contributed by atoms with Gasteiger partial charge in [-0.3, -0.25) is 4.68 Å². The lowest BCUT2D eigenvalue weighted by Gasteiger charge is -2.08. The first kappa shape index (κ1) is 13.7. The molecule has 0 unspecified atom stereocenters. The van der Waals surface area contributed by atoms with Crippen molar-refractivity contribution in [3.63, 3.8) is 0 Å². The van der Waals surface area contributed by atoms with Gasteiger partial charge in [-0.1, -0.05) is 13.0 Å². The summed E-state index contributed by atoms with van der Waals surface area (Å²) in [5.41, 5.74) is 3.96. The number of nitrogens with zero attached hydrogens (tertiary/aromatic N) is 2. The zero-order valence-electron chi connectivity index (χ0n) is 11.7. The number of halogens is 1. The smallest absolute Gasteiger partial charge is 0.123 e. The standard InChI is InChI=1S/C15H20FN3/c1-4-7-19-10-15(11(2)18-19)14-8-13(16)6-5-12(14)9-17-3/h5-6,8,10,17H,4,7,9H2,1-3H3. The van der Waals surface area contributed by atoms with Gasteiger partial charge in [-0.15, -0.1) is 0 Å². The Morgan fingerprint density at radius 3 is 2.79 bits per heavy atom. The lowest BCUT2D eigenvalue weighted by Crippen LogP contribution is -2.06. The van der Waals surface area contributed by atoms with Crippen LogP contribution in [0.1, 0.15) is 24.6 Å². The monoisotopic (exact) mass is 261 g/mol. The van der Waals surface area contributed by atoms with Gasteiger partial charge in [0, 0.05) is 24.8 Å². The average Bonchev–Trinajstić information content (AvgIpc) is 2.73. The summed E-state index contributed by atoms with van der Waals surface area (Å²) in [5, 5.41) is 7.60. The van der Waals surface area contributed by atoms with Crippen LogP contribution < -0.4 is 5.32 Å². The Morgan fingerprint density at radius 1 is 1.32 bits per heavy atom. The molecule has 0 aliphatic carbocycles. The molecule has 2 aromatic rings. The lowest BCUT2D eigenvalue weighted by atomic mass is 10.00. The molecular formula is C15H20FN3. The Morgan fingerprint density at radius 2 is 2.11 bits per heavy atom. The van der Waals surface area contributed by atoms with Crippen molar-refractivity contribution in [1.82, 2.24) is 15.1 Å². The topological polar surface area (TPSA) is 29.9 Å². The van der Waals surface area contributed by atoms with Gasteiger partial charge in [0.15, 0.2) is 0 Å². The molecule has 0 saturated heterocycles. The van der Waals surface area contributed by atoms with Crippen molar-refractivity contribution in [2.45, 2.75) is 33.4 Å². The minimum Gasteiger partial charge on any atom is -0.316 e. The highest BCUT2D eigenvalue weighted by molar-refractivity contribution is 5.69. The van der Waals surface area contributed by atoms with Crippen LogP contribution in [-0.4, -0.2) is 16.8 Å². The van der Waals surface area contributed by atoms with E-state index in [1.807, 2.05) is 30.9 Å². The summed E-state index contributed by atoms with van der Waals surface area (Å²) in [6.07, 6.45) is 3.04. The van der Waals surface area contributed by atoms with E-state index in [0.717, 1.165) is 35.3 Å². The summed E-state index contributed by atoms with van der Waals surface area (Å²) in [7, 11) is 1.89. The summed E-state index contributed by atoms with van der Waals surface area (Å²) >= 11 is 0. The first-order valence-electron chi connectivity index (χ1n) is 6.63. The van der Waals surface area contributed by atoms with Crippen molar-refractivity contribution in [3.05, 3.63) is 41.5 Å². The highest BCUT2D eigenvalue weighted by atomic mass is 19.1. The van der Waals surface area contributed by atoms with Gasteiger partial charge in [-0.2, -0.15) is 5.10 Å². The van der Waals surface area contributed by atoms with E-state index in [-0.39, 0.29) is 5.82 Å². The molecule has 0 amide bonds. The van der Waals surface area contributed by atoms with Crippen LogP contribution in [0.2, 0.25) is 0 Å². The van der Waals surface area contributed by atoms with Crippen LogP contribution in [0.25, 0.3) is 11.1 Å². The Balaban J connectivity index is 2.47. The maximum atomic E-state index is 13.5. The SMILES string of the molecule is CCCn1cc(-c2cc(F)ccc2CNC)c(C)n1. The Bertz CT molecular complexity index is 561. The molecule has 0 spiro atoms. The fourth-order valence-electron chi connectivity index (χ4n) is 2.27. The molecule has 2 rings (SSSR count). The molecule has 1 N–H and O–H groups in total. The maximum absolute atomic E-state index is 13.5. The number of hydrogen-bond donors (Lipinski definition) is 1. The third-order valence-electron chi connectivity index (χ3n) is 3.13. The van der Waals surface area contributed by atoms with E-state index < -0.39 is 0 Å². The number of nitrogens with one attached hydrogen (secondary N) is 1. The molecule has 1 aromatic carbocycles. The quantitative estimate of drug-likeness (QED) is 0.896. The molecule has 0 aliphatic heterocycles. The number of hydrogen-bond acceptors (Lipinski definition) is 2. The van der Waals surface area contributed by atoms with E-state index >= 15 is 0 Å². The molecule has 19 heavy (non-hydrogen) atoms. The van der Waals surface area contributed by atoms with Gasteiger partial charge < -0.3 is 5.32 Å². The number of benzene rings is 1. The zero-order chi connectivity index (χ0) is 13.8. The van der Waals surface area contributed by atoms with Crippen LogP contribution in [0, 0.1) is 12.7 Å². The average molecular weight is 261 g/mol. The van der Waals surface area contributed by atoms with E-state index in [9.17, 15) is 4.39 Å². The molecule has 1 heterocycles. The minimum absolute atomic E-state index is 0.211. The molecule has 3 nitrogen and oxygen atoms in total. The summed E-state index contributed by atoms with van der Waals surface area (Å²) in [4.78, 5) is 0. The van der Waals surface area contributed by atoms with Crippen LogP contribution >= 0.6 is 0 Å². The van der Waals surface area contributed by atoms with Gasteiger partial charge in [-0.25, -0.2) is 4.39 Å². The third kappa shape index (κ3) is 3.01. The van der Waals surface area contributed by atoms with Crippen molar-refractivity contribution in [1.29, 1.82) is 0 Å². The van der Waals surface area contributed by atoms with E-state index in [4.69, 9.17) is 0 Å². The van der Waals surface area contributed by atoms with Gasteiger partial charge >= 0.3 is 0 Å². The lowest BCUT2D eigenvalue weighted by molar-refractivity contribution is 0.598. The van der Waals surface area contributed by atoms with Crippen molar-refractivity contribution in [3.8, 4) is 11.1 Å². The van der Waals surface area contributed by atoms with Crippen molar-refractivity contribution in [2.24, 2.45) is 0 Å². The molecular weight excluding hydrogens is 241 g/mol. The third-order valence-corrected chi connectivity index (χ3v) is 3.13. The Hall–Kier alpha value is -1.68. The molecule has 0 saturated carbocycles. The molecule has 0 bridgehead atoms. The molecule has 0 fully saturated rings. The molecule has 102 valence electrons. The first-order chi connectivity index (χ1) is 9.15. The van der Waals surface area contributed by atoms with Gasteiger partial charge in [0.2, 0.25) is 0 Å². The summed E-state index contributed by atoms with van der Waals surface area (Å²) in [5.74, 6) is -0.211. The predicted molar refractivity (Wildman–Crippen MR) is 75.4 cm³/mol. The van der Waals surface area contributed by atoms with Crippen LogP contribution in [0.3, 0.4) is 0 Å². The molecule has 1 aromatic heterocycles. The van der Waals surface area contributed by atoms with Gasteiger partial charge in [-0.05, 0) is 43.7 Å². The van der Waals surface area contributed by atoms with Crippen molar-refractivity contribution in [2.75, 3.05) is 7.05 Å². The Kier molecular flexibility index (Phi) is 4.32. The van der Waals surface area contributed by atoms with Crippen molar-refractivity contribution < 1.29 is 4.39 Å². The largest absolute Gasteiger partial charge is 0.316 e. The van der Waals surface area contributed by atoms with Crippen LogP contribution in [0.15, 0.2) is 24.4 Å². The first-order valence-corrected chi connectivity index (χ1v) is 6.63. The van der Waals surface area contributed by atoms with Crippen molar-refractivity contribution >= 4 is 0 Å². The van der Waals surface area contributed by atoms with Crippen LogP contribution in [0.5, 0.6) is 0 Å². The normalized spacial score (nSPS) is 10.9. The maximum Gasteiger partial charge on any atom is 0.123 e. The Labute approximate surface area is 113 Å². The van der Waals surface area contributed by atoms with E-state index in [1.165, 1.54) is 6.07 Å². The van der Waals surface area contributed by atoms with E-state index in [0.29, 0.717) is 6.54 Å². The second-order valence-corrected chi connectivity index (χ2v) is 4.72. The van der Waals surface area contributed by atoms with Crippen LogP contribution in [0.4, 0.5) is 4.39 Å². The van der Waals surface area contributed by atoms with Gasteiger partial charge in [0.05, 0.1) is 5.69 Å². The second-order valence-electron chi connectivity index (χ2n) is 4.72. The molecule has 0 radical (unpaired) electrons. The van der Waals surface area contributed by atoms with Gasteiger partial charge in [0.25, 0.3) is 0 Å². The molecule has 0 aliphatic rings. The zero-order valence-corrected chi connectivity index (χ0v) is 11.7. The number of aromatic nitrogens is 2.